The van der Waals surface area contributed by atoms with Crippen molar-refractivity contribution in [2.75, 3.05) is 13.2 Å². The molecule has 2 N–H and O–H groups in total. The number of carbonyl (C=O) groups is 3. The van der Waals surface area contributed by atoms with Crippen LogP contribution in [0.4, 0.5) is 4.79 Å². The lowest BCUT2D eigenvalue weighted by Gasteiger charge is -2.27. The fourth-order valence-corrected chi connectivity index (χ4v) is 3.36. The van der Waals surface area contributed by atoms with Gasteiger partial charge in [0.25, 0.3) is 0 Å². The molecule has 1 atom stereocenters. The average Bonchev–Trinajstić information content (AvgIpc) is 3.38. The van der Waals surface area contributed by atoms with E-state index in [0.29, 0.717) is 17.3 Å². The standard InChI is InChI=1S/C25H22N2O7/c1-2-31-24(29)21-19(26-25(30)27-22(21)20-9-6-14-32-20)15-33-23(28)16-10-12-18(13-11-16)34-17-7-4-3-5-8-17/h3-14,22H,2,15H2,1H3,(H2,26,27,30). The van der Waals surface area contributed by atoms with Gasteiger partial charge in [-0.25, -0.2) is 14.4 Å². The Morgan fingerprint density at radius 2 is 1.65 bits per heavy atom. The van der Waals surface area contributed by atoms with Gasteiger partial charge in [-0.1, -0.05) is 18.2 Å². The summed E-state index contributed by atoms with van der Waals surface area (Å²) in [5.74, 6) is 0.274. The molecule has 0 fully saturated rings. The number of para-hydroxylation sites is 1. The predicted octanol–water partition coefficient (Wildman–Crippen LogP) is 4.10. The molecule has 0 saturated heterocycles. The van der Waals surface area contributed by atoms with Gasteiger partial charge in [-0.15, -0.1) is 0 Å². The molecular formula is C25H22N2O7. The summed E-state index contributed by atoms with van der Waals surface area (Å²) in [7, 11) is 0. The fraction of sp³-hybridized carbons (Fsp3) is 0.160. The highest BCUT2D eigenvalue weighted by molar-refractivity contribution is 5.95. The lowest BCUT2D eigenvalue weighted by molar-refractivity contribution is -0.139. The third kappa shape index (κ3) is 5.26. The maximum atomic E-state index is 12.7. The van der Waals surface area contributed by atoms with Crippen molar-refractivity contribution >= 4 is 18.0 Å². The van der Waals surface area contributed by atoms with Crippen LogP contribution >= 0.6 is 0 Å². The van der Waals surface area contributed by atoms with E-state index in [-0.39, 0.29) is 30.0 Å². The van der Waals surface area contributed by atoms with E-state index in [4.69, 9.17) is 18.6 Å². The Balaban J connectivity index is 1.49. The van der Waals surface area contributed by atoms with Crippen molar-refractivity contribution in [3.63, 3.8) is 0 Å². The summed E-state index contributed by atoms with van der Waals surface area (Å²) >= 11 is 0. The SMILES string of the molecule is CCOC(=O)C1=C(COC(=O)c2ccc(Oc3ccccc3)cc2)NC(=O)NC1c1ccco1. The Morgan fingerprint density at radius 3 is 2.32 bits per heavy atom. The number of rotatable bonds is 8. The van der Waals surface area contributed by atoms with Crippen LogP contribution in [0.1, 0.15) is 29.1 Å². The molecule has 0 aliphatic carbocycles. The zero-order valence-electron chi connectivity index (χ0n) is 18.3. The third-order valence-electron chi connectivity index (χ3n) is 4.89. The Labute approximate surface area is 195 Å². The van der Waals surface area contributed by atoms with Crippen LogP contribution in [0.25, 0.3) is 0 Å². The van der Waals surface area contributed by atoms with Crippen molar-refractivity contribution in [3.05, 3.63) is 95.6 Å². The van der Waals surface area contributed by atoms with Gasteiger partial charge in [-0.05, 0) is 55.5 Å². The smallest absolute Gasteiger partial charge is 0.338 e. The molecule has 0 spiro atoms. The lowest BCUT2D eigenvalue weighted by atomic mass is 10.0. The van der Waals surface area contributed by atoms with Crippen LogP contribution in [0, 0.1) is 0 Å². The van der Waals surface area contributed by atoms with Crippen LogP contribution in [0.3, 0.4) is 0 Å². The predicted molar refractivity (Wildman–Crippen MR) is 120 cm³/mol. The van der Waals surface area contributed by atoms with Gasteiger partial charge in [-0.2, -0.15) is 0 Å². The van der Waals surface area contributed by atoms with Gasteiger partial charge in [-0.3, -0.25) is 0 Å². The minimum atomic E-state index is -0.883. The third-order valence-corrected chi connectivity index (χ3v) is 4.89. The Morgan fingerprint density at radius 1 is 0.912 bits per heavy atom. The molecule has 174 valence electrons. The Hall–Kier alpha value is -4.53. The van der Waals surface area contributed by atoms with Crippen molar-refractivity contribution in [2.45, 2.75) is 13.0 Å². The molecule has 2 amide bonds. The van der Waals surface area contributed by atoms with Crippen LogP contribution in [-0.2, 0) is 14.3 Å². The quantitative estimate of drug-likeness (QED) is 0.484. The van der Waals surface area contributed by atoms with Gasteiger partial charge in [0.15, 0.2) is 0 Å². The molecule has 0 radical (unpaired) electrons. The van der Waals surface area contributed by atoms with Gasteiger partial charge in [0.1, 0.15) is 29.9 Å². The number of urea groups is 1. The van der Waals surface area contributed by atoms with E-state index in [9.17, 15) is 14.4 Å². The van der Waals surface area contributed by atoms with Gasteiger partial charge in [0.2, 0.25) is 0 Å². The molecule has 34 heavy (non-hydrogen) atoms. The highest BCUT2D eigenvalue weighted by Gasteiger charge is 2.35. The van der Waals surface area contributed by atoms with Gasteiger partial charge >= 0.3 is 18.0 Å². The van der Waals surface area contributed by atoms with Gasteiger partial charge in [0.05, 0.1) is 29.7 Å². The summed E-state index contributed by atoms with van der Waals surface area (Å²) in [6, 6.07) is 17.5. The summed E-state index contributed by atoms with van der Waals surface area (Å²) < 4.78 is 21.6. The van der Waals surface area contributed by atoms with E-state index in [0.717, 1.165) is 0 Å². The number of esters is 2. The molecule has 4 rings (SSSR count). The Bertz CT molecular complexity index is 1190. The molecule has 3 aromatic rings. The molecule has 1 aliphatic rings. The second-order valence-corrected chi connectivity index (χ2v) is 7.18. The highest BCUT2D eigenvalue weighted by atomic mass is 16.5. The number of carbonyl (C=O) groups excluding carboxylic acids is 3. The summed E-state index contributed by atoms with van der Waals surface area (Å²) in [4.78, 5) is 37.5. The number of nitrogens with one attached hydrogen (secondary N) is 2. The summed E-state index contributed by atoms with van der Waals surface area (Å²) in [5, 5.41) is 5.16. The van der Waals surface area contributed by atoms with Gasteiger partial charge < -0.3 is 29.3 Å². The van der Waals surface area contributed by atoms with Gasteiger partial charge in [0, 0.05) is 0 Å². The molecule has 2 aromatic carbocycles. The van der Waals surface area contributed by atoms with E-state index in [2.05, 4.69) is 10.6 Å². The van der Waals surface area contributed by atoms with Crippen LogP contribution in [0.2, 0.25) is 0 Å². The van der Waals surface area contributed by atoms with Crippen molar-refractivity contribution in [2.24, 2.45) is 0 Å². The maximum Gasteiger partial charge on any atom is 0.338 e. The monoisotopic (exact) mass is 462 g/mol. The number of benzene rings is 2. The molecule has 9 heteroatoms. The Kier molecular flexibility index (Phi) is 6.92. The second-order valence-electron chi connectivity index (χ2n) is 7.18. The molecule has 0 saturated carbocycles. The minimum absolute atomic E-state index is 0.0933. The molecular weight excluding hydrogens is 440 g/mol. The van der Waals surface area contributed by atoms with Crippen molar-refractivity contribution in [1.82, 2.24) is 10.6 Å². The molecule has 1 unspecified atom stereocenters. The molecule has 1 aromatic heterocycles. The maximum absolute atomic E-state index is 12.7. The first-order valence-electron chi connectivity index (χ1n) is 10.6. The first-order valence-corrected chi connectivity index (χ1v) is 10.6. The zero-order valence-corrected chi connectivity index (χ0v) is 18.3. The number of furan rings is 1. The van der Waals surface area contributed by atoms with Crippen molar-refractivity contribution in [3.8, 4) is 11.5 Å². The molecule has 9 nitrogen and oxygen atoms in total. The normalized spacial score (nSPS) is 15.2. The average molecular weight is 462 g/mol. The van der Waals surface area contributed by atoms with Crippen LogP contribution in [-0.4, -0.2) is 31.2 Å². The molecule has 0 bridgehead atoms. The lowest BCUT2D eigenvalue weighted by Crippen LogP contribution is -2.47. The van der Waals surface area contributed by atoms with E-state index < -0.39 is 24.0 Å². The first kappa shape index (κ1) is 22.7. The fourth-order valence-electron chi connectivity index (χ4n) is 3.36. The largest absolute Gasteiger partial charge is 0.467 e. The first-order chi connectivity index (χ1) is 16.5. The molecule has 2 heterocycles. The van der Waals surface area contributed by atoms with Crippen molar-refractivity contribution in [1.29, 1.82) is 0 Å². The van der Waals surface area contributed by atoms with Crippen molar-refractivity contribution < 1.29 is 33.0 Å². The topological polar surface area (TPSA) is 116 Å². The summed E-state index contributed by atoms with van der Waals surface area (Å²) in [6.07, 6.45) is 1.43. The zero-order chi connectivity index (χ0) is 23.9. The van der Waals surface area contributed by atoms with Crippen LogP contribution < -0.4 is 15.4 Å². The van der Waals surface area contributed by atoms with E-state index in [1.807, 2.05) is 30.3 Å². The van der Waals surface area contributed by atoms with E-state index in [1.54, 1.807) is 43.3 Å². The highest BCUT2D eigenvalue weighted by Crippen LogP contribution is 2.28. The van der Waals surface area contributed by atoms with E-state index >= 15 is 0 Å². The molecule has 1 aliphatic heterocycles. The summed E-state index contributed by atoms with van der Waals surface area (Å²) in [5.41, 5.74) is 0.485. The number of ether oxygens (including phenoxy) is 3. The summed E-state index contributed by atoms with van der Waals surface area (Å²) in [6.45, 7) is 1.45. The van der Waals surface area contributed by atoms with Crippen LogP contribution in [0.5, 0.6) is 11.5 Å². The number of amides is 2. The van der Waals surface area contributed by atoms with Crippen LogP contribution in [0.15, 0.2) is 88.7 Å². The number of hydrogen-bond donors (Lipinski definition) is 2. The number of hydrogen-bond acceptors (Lipinski definition) is 7. The minimum Gasteiger partial charge on any atom is -0.467 e. The second kappa shape index (κ2) is 10.4. The van der Waals surface area contributed by atoms with E-state index in [1.165, 1.54) is 6.26 Å².